The molecule has 1 heterocycles. The Bertz CT molecular complexity index is 380. The highest BCUT2D eigenvalue weighted by molar-refractivity contribution is 9.10. The number of halogens is 2. The Morgan fingerprint density at radius 3 is 3.00 bits per heavy atom. The number of nitrogens with zero attached hydrogens (tertiary/aromatic N) is 1. The number of benzene rings is 1. The van der Waals surface area contributed by atoms with Crippen LogP contribution in [0.5, 0.6) is 0 Å². The zero-order chi connectivity index (χ0) is 12.3. The van der Waals surface area contributed by atoms with Crippen LogP contribution in [0.15, 0.2) is 22.7 Å². The largest absolute Gasteiger partial charge is 0.376 e. The lowest BCUT2D eigenvalue weighted by atomic mass is 10.1. The van der Waals surface area contributed by atoms with Gasteiger partial charge < -0.3 is 9.64 Å². The maximum atomic E-state index is 5.97. The summed E-state index contributed by atoms with van der Waals surface area (Å²) in [5.41, 5.74) is 2.35. The molecule has 0 amide bonds. The molecule has 1 aromatic carbocycles. The fraction of sp³-hybridized carbons (Fsp3) is 0.538. The van der Waals surface area contributed by atoms with E-state index in [1.807, 2.05) is 6.07 Å². The fourth-order valence-electron chi connectivity index (χ4n) is 2.20. The molecule has 1 aromatic rings. The fourth-order valence-corrected chi connectivity index (χ4v) is 2.77. The van der Waals surface area contributed by atoms with Gasteiger partial charge in [-0.3, -0.25) is 0 Å². The van der Waals surface area contributed by atoms with Gasteiger partial charge in [-0.1, -0.05) is 22.0 Å². The molecule has 0 bridgehead atoms. The zero-order valence-electron chi connectivity index (χ0n) is 9.96. The minimum absolute atomic E-state index is 0.363. The molecule has 1 atom stereocenters. The molecule has 1 saturated heterocycles. The molecule has 1 unspecified atom stereocenters. The third-order valence-corrected chi connectivity index (χ3v) is 3.89. The number of hydrogen-bond acceptors (Lipinski definition) is 2. The van der Waals surface area contributed by atoms with Crippen LogP contribution in [0.1, 0.15) is 18.4 Å². The third-order valence-electron chi connectivity index (χ3n) is 3.10. The summed E-state index contributed by atoms with van der Waals surface area (Å²) >= 11 is 9.48. The lowest BCUT2D eigenvalue weighted by Crippen LogP contribution is -2.29. The molecule has 1 aliphatic heterocycles. The molecule has 4 heteroatoms. The molecule has 0 N–H and O–H groups in total. The van der Waals surface area contributed by atoms with Crippen LogP contribution in [-0.4, -0.2) is 26.3 Å². The Morgan fingerprint density at radius 2 is 2.35 bits per heavy atom. The quantitative estimate of drug-likeness (QED) is 0.783. The maximum Gasteiger partial charge on any atom is 0.0750 e. The van der Waals surface area contributed by atoms with Gasteiger partial charge in [-0.05, 0) is 30.5 Å². The second-order valence-electron chi connectivity index (χ2n) is 4.42. The van der Waals surface area contributed by atoms with Gasteiger partial charge in [0.25, 0.3) is 0 Å². The van der Waals surface area contributed by atoms with Gasteiger partial charge in [0.15, 0.2) is 0 Å². The molecule has 1 aliphatic rings. The summed E-state index contributed by atoms with van der Waals surface area (Å²) in [4.78, 5) is 2.23. The SMILES string of the molecule is CN(CC1CCCO1)c1cc(Br)ccc1CCl. The molecule has 1 fully saturated rings. The summed E-state index contributed by atoms with van der Waals surface area (Å²) in [6.45, 7) is 1.83. The van der Waals surface area contributed by atoms with Crippen LogP contribution in [0.3, 0.4) is 0 Å². The molecular formula is C13H17BrClNO. The van der Waals surface area contributed by atoms with Gasteiger partial charge >= 0.3 is 0 Å². The van der Waals surface area contributed by atoms with Crippen molar-refractivity contribution in [3.63, 3.8) is 0 Å². The van der Waals surface area contributed by atoms with E-state index in [-0.39, 0.29) is 0 Å². The normalized spacial score (nSPS) is 19.6. The first-order valence-electron chi connectivity index (χ1n) is 5.88. The van der Waals surface area contributed by atoms with Gasteiger partial charge in [-0.25, -0.2) is 0 Å². The average molecular weight is 319 g/mol. The first-order valence-corrected chi connectivity index (χ1v) is 7.20. The second-order valence-corrected chi connectivity index (χ2v) is 5.61. The first-order chi connectivity index (χ1) is 8.20. The van der Waals surface area contributed by atoms with E-state index < -0.39 is 0 Å². The van der Waals surface area contributed by atoms with E-state index in [9.17, 15) is 0 Å². The van der Waals surface area contributed by atoms with Crippen molar-refractivity contribution in [3.8, 4) is 0 Å². The van der Waals surface area contributed by atoms with E-state index >= 15 is 0 Å². The molecule has 0 spiro atoms. The van der Waals surface area contributed by atoms with E-state index in [0.29, 0.717) is 12.0 Å². The highest BCUT2D eigenvalue weighted by Crippen LogP contribution is 2.27. The monoisotopic (exact) mass is 317 g/mol. The van der Waals surface area contributed by atoms with Crippen molar-refractivity contribution in [1.29, 1.82) is 0 Å². The second kappa shape index (κ2) is 6.07. The van der Waals surface area contributed by atoms with Crippen LogP contribution in [0.4, 0.5) is 5.69 Å². The van der Waals surface area contributed by atoms with Gasteiger partial charge in [-0.2, -0.15) is 0 Å². The molecule has 0 radical (unpaired) electrons. The lowest BCUT2D eigenvalue weighted by Gasteiger charge is -2.25. The minimum Gasteiger partial charge on any atom is -0.376 e. The van der Waals surface area contributed by atoms with Crippen molar-refractivity contribution in [1.82, 2.24) is 0 Å². The molecule has 94 valence electrons. The Labute approximate surface area is 116 Å². The van der Waals surface area contributed by atoms with E-state index in [2.05, 4.69) is 40.0 Å². The Hall–Kier alpha value is -0.250. The van der Waals surface area contributed by atoms with Crippen molar-refractivity contribution in [2.45, 2.75) is 24.8 Å². The standard InChI is InChI=1S/C13H17BrClNO/c1-16(9-12-3-2-6-17-12)13-7-11(14)5-4-10(13)8-15/h4-5,7,12H,2-3,6,8-9H2,1H3. The highest BCUT2D eigenvalue weighted by atomic mass is 79.9. The summed E-state index contributed by atoms with van der Waals surface area (Å²) in [6, 6.07) is 6.21. The Kier molecular flexibility index (Phi) is 4.71. The van der Waals surface area contributed by atoms with Gasteiger partial charge in [-0.15, -0.1) is 11.6 Å². The highest BCUT2D eigenvalue weighted by Gasteiger charge is 2.18. The van der Waals surface area contributed by atoms with Crippen molar-refractivity contribution < 1.29 is 4.74 Å². The van der Waals surface area contributed by atoms with Gasteiger partial charge in [0.05, 0.1) is 6.10 Å². The van der Waals surface area contributed by atoms with Crippen LogP contribution >= 0.6 is 27.5 Å². The predicted octanol–water partition coefficient (Wildman–Crippen LogP) is 3.80. The molecule has 17 heavy (non-hydrogen) atoms. The first kappa shape index (κ1) is 13.2. The van der Waals surface area contributed by atoms with Crippen molar-refractivity contribution in [3.05, 3.63) is 28.2 Å². The zero-order valence-corrected chi connectivity index (χ0v) is 12.3. The van der Waals surface area contributed by atoms with Crippen molar-refractivity contribution in [2.24, 2.45) is 0 Å². The average Bonchev–Trinajstić information content (AvgIpc) is 2.81. The van der Waals surface area contributed by atoms with Gasteiger partial charge in [0, 0.05) is 36.2 Å². The number of ether oxygens (including phenoxy) is 1. The van der Waals surface area contributed by atoms with Crippen molar-refractivity contribution >= 4 is 33.2 Å². The summed E-state index contributed by atoms with van der Waals surface area (Å²) in [5.74, 6) is 0.540. The molecule has 2 rings (SSSR count). The number of hydrogen-bond donors (Lipinski definition) is 0. The summed E-state index contributed by atoms with van der Waals surface area (Å²) in [7, 11) is 2.10. The number of likely N-dealkylation sites (N-methyl/N-ethyl adjacent to an activating group) is 1. The van der Waals surface area contributed by atoms with E-state index in [1.54, 1.807) is 0 Å². The van der Waals surface area contributed by atoms with E-state index in [4.69, 9.17) is 16.3 Å². The van der Waals surface area contributed by atoms with E-state index in [1.165, 1.54) is 12.1 Å². The van der Waals surface area contributed by atoms with Crippen LogP contribution < -0.4 is 4.90 Å². The van der Waals surface area contributed by atoms with Gasteiger partial charge in [0.1, 0.15) is 0 Å². The molecule has 0 saturated carbocycles. The number of alkyl halides is 1. The molecule has 0 aromatic heterocycles. The molecule has 2 nitrogen and oxygen atoms in total. The summed E-state index contributed by atoms with van der Waals surface area (Å²) in [6.07, 6.45) is 2.70. The molecule has 0 aliphatic carbocycles. The van der Waals surface area contributed by atoms with Gasteiger partial charge in [0.2, 0.25) is 0 Å². The summed E-state index contributed by atoms with van der Waals surface area (Å²) < 4.78 is 6.75. The summed E-state index contributed by atoms with van der Waals surface area (Å²) in [5, 5.41) is 0. The number of anilines is 1. The predicted molar refractivity (Wildman–Crippen MR) is 75.9 cm³/mol. The number of rotatable bonds is 4. The smallest absolute Gasteiger partial charge is 0.0750 e. The van der Waals surface area contributed by atoms with Crippen molar-refractivity contribution in [2.75, 3.05) is 25.1 Å². The van der Waals surface area contributed by atoms with E-state index in [0.717, 1.165) is 29.6 Å². The van der Waals surface area contributed by atoms with Crippen LogP contribution in [0.2, 0.25) is 0 Å². The Morgan fingerprint density at radius 1 is 1.53 bits per heavy atom. The third kappa shape index (κ3) is 3.36. The van der Waals surface area contributed by atoms with Crippen LogP contribution in [0.25, 0.3) is 0 Å². The lowest BCUT2D eigenvalue weighted by molar-refractivity contribution is 0.116. The van der Waals surface area contributed by atoms with Crippen LogP contribution in [0, 0.1) is 0 Å². The topological polar surface area (TPSA) is 12.5 Å². The Balaban J connectivity index is 2.11. The minimum atomic E-state index is 0.363. The molecular weight excluding hydrogens is 302 g/mol. The van der Waals surface area contributed by atoms with Crippen LogP contribution in [-0.2, 0) is 10.6 Å². The maximum absolute atomic E-state index is 5.97.